The minimum absolute atomic E-state index is 0.00258. The molecule has 0 aliphatic carbocycles. The lowest BCUT2D eigenvalue weighted by molar-refractivity contribution is -0.121. The van der Waals surface area contributed by atoms with Gasteiger partial charge in [0.2, 0.25) is 5.91 Å². The molecule has 1 aliphatic rings. The van der Waals surface area contributed by atoms with Crippen LogP contribution in [0.1, 0.15) is 6.92 Å². The normalized spacial score (nSPS) is 16.6. The Labute approximate surface area is 129 Å². The van der Waals surface area contributed by atoms with Crippen LogP contribution in [0.15, 0.2) is 21.1 Å². The maximum Gasteiger partial charge on any atom is 0.227 e. The first-order valence-corrected chi connectivity index (χ1v) is 7.66. The zero-order chi connectivity index (χ0) is 14.0. The summed E-state index contributed by atoms with van der Waals surface area (Å²) in [7, 11) is 1.60. The molecule has 0 aromatic heterocycles. The Kier molecular flexibility index (Phi) is 4.86. The number of anilines is 1. The highest BCUT2D eigenvalue weighted by atomic mass is 79.9. The van der Waals surface area contributed by atoms with E-state index in [1.54, 1.807) is 13.2 Å². The molecule has 1 aliphatic heterocycles. The molecule has 6 heteroatoms. The van der Waals surface area contributed by atoms with Gasteiger partial charge in [0, 0.05) is 16.5 Å². The van der Waals surface area contributed by atoms with Gasteiger partial charge in [0.05, 0.1) is 17.3 Å². The van der Waals surface area contributed by atoms with Gasteiger partial charge in [-0.2, -0.15) is 0 Å². The first-order chi connectivity index (χ1) is 9.02. The van der Waals surface area contributed by atoms with Gasteiger partial charge in [-0.05, 0) is 56.9 Å². The van der Waals surface area contributed by atoms with Gasteiger partial charge >= 0.3 is 0 Å². The molecule has 1 fully saturated rings. The molecule has 1 saturated heterocycles. The first kappa shape index (κ1) is 14.8. The highest BCUT2D eigenvalue weighted by Gasteiger charge is 2.29. The molecule has 0 spiro atoms. The van der Waals surface area contributed by atoms with Crippen LogP contribution in [0.3, 0.4) is 0 Å². The maximum atomic E-state index is 12.2. The van der Waals surface area contributed by atoms with Gasteiger partial charge in [0.15, 0.2) is 0 Å². The van der Waals surface area contributed by atoms with Crippen molar-refractivity contribution in [3.8, 4) is 5.75 Å². The number of methoxy groups -OCH3 is 1. The van der Waals surface area contributed by atoms with E-state index >= 15 is 0 Å². The Hall–Kier alpha value is -0.590. The second-order valence-electron chi connectivity index (χ2n) is 4.66. The topological polar surface area (TPSA) is 50.4 Å². The third-order valence-electron chi connectivity index (χ3n) is 3.43. The molecule has 4 nitrogen and oxygen atoms in total. The van der Waals surface area contributed by atoms with Crippen LogP contribution in [-0.4, -0.2) is 26.1 Å². The molecule has 19 heavy (non-hydrogen) atoms. The summed E-state index contributed by atoms with van der Waals surface area (Å²) in [5.41, 5.74) is 0.726. The molecule has 1 heterocycles. The second-order valence-corrected chi connectivity index (χ2v) is 6.37. The average Bonchev–Trinajstić information content (AvgIpc) is 2.30. The largest absolute Gasteiger partial charge is 0.495 e. The fourth-order valence-electron chi connectivity index (χ4n) is 1.91. The first-order valence-electron chi connectivity index (χ1n) is 6.07. The van der Waals surface area contributed by atoms with Crippen molar-refractivity contribution in [2.75, 3.05) is 25.5 Å². The monoisotopic (exact) mass is 390 g/mol. The maximum absolute atomic E-state index is 12.2. The third kappa shape index (κ3) is 3.30. The molecule has 1 aromatic carbocycles. The second kappa shape index (κ2) is 6.24. The van der Waals surface area contributed by atoms with E-state index in [-0.39, 0.29) is 11.8 Å². The van der Waals surface area contributed by atoms with Crippen molar-refractivity contribution >= 4 is 43.5 Å². The molecule has 1 aromatic rings. The van der Waals surface area contributed by atoms with Gasteiger partial charge in [-0.1, -0.05) is 6.92 Å². The SMILES string of the molecule is COc1cc(NC(=O)C(C)C2CNC2)c(Br)cc1Br. The summed E-state index contributed by atoms with van der Waals surface area (Å²) in [6, 6.07) is 3.67. The molecule has 0 saturated carbocycles. The summed E-state index contributed by atoms with van der Waals surface area (Å²) in [6.07, 6.45) is 0. The van der Waals surface area contributed by atoms with Crippen LogP contribution in [0.4, 0.5) is 5.69 Å². The number of hydrogen-bond donors (Lipinski definition) is 2. The molecule has 0 bridgehead atoms. The molecule has 1 amide bonds. The molecule has 2 N–H and O–H groups in total. The van der Waals surface area contributed by atoms with E-state index in [1.807, 2.05) is 13.0 Å². The predicted molar refractivity (Wildman–Crippen MR) is 82.5 cm³/mol. The summed E-state index contributed by atoms with van der Waals surface area (Å²) < 4.78 is 6.90. The quantitative estimate of drug-likeness (QED) is 0.829. The van der Waals surface area contributed by atoms with Gasteiger partial charge < -0.3 is 15.4 Å². The van der Waals surface area contributed by atoms with Gasteiger partial charge in [0.1, 0.15) is 5.75 Å². The van der Waals surface area contributed by atoms with Crippen molar-refractivity contribution < 1.29 is 9.53 Å². The number of carbonyl (C=O) groups excluding carboxylic acids is 1. The van der Waals surface area contributed by atoms with Crippen LogP contribution < -0.4 is 15.4 Å². The van der Waals surface area contributed by atoms with Crippen LogP contribution in [0.2, 0.25) is 0 Å². The van der Waals surface area contributed by atoms with E-state index in [9.17, 15) is 4.79 Å². The summed E-state index contributed by atoms with van der Waals surface area (Å²) >= 11 is 6.85. The van der Waals surface area contributed by atoms with Crippen molar-refractivity contribution in [1.82, 2.24) is 5.32 Å². The van der Waals surface area contributed by atoms with E-state index < -0.39 is 0 Å². The van der Waals surface area contributed by atoms with E-state index in [1.165, 1.54) is 0 Å². The molecule has 2 rings (SSSR count). The predicted octanol–water partition coefficient (Wildman–Crippen LogP) is 3.01. The van der Waals surface area contributed by atoms with Crippen LogP contribution in [0, 0.1) is 11.8 Å². The Morgan fingerprint density at radius 2 is 2.11 bits per heavy atom. The van der Waals surface area contributed by atoms with E-state index in [2.05, 4.69) is 42.5 Å². The lowest BCUT2D eigenvalue weighted by Gasteiger charge is -2.31. The van der Waals surface area contributed by atoms with Crippen LogP contribution >= 0.6 is 31.9 Å². The minimum Gasteiger partial charge on any atom is -0.495 e. The van der Waals surface area contributed by atoms with Crippen molar-refractivity contribution in [2.24, 2.45) is 11.8 Å². The van der Waals surface area contributed by atoms with Gasteiger partial charge in [-0.3, -0.25) is 4.79 Å². The minimum atomic E-state index is 0.00258. The Morgan fingerprint density at radius 1 is 1.42 bits per heavy atom. The highest BCUT2D eigenvalue weighted by Crippen LogP contribution is 2.35. The zero-order valence-corrected chi connectivity index (χ0v) is 14.0. The van der Waals surface area contributed by atoms with Crippen LogP contribution in [0.25, 0.3) is 0 Å². The number of amides is 1. The smallest absolute Gasteiger partial charge is 0.227 e. The van der Waals surface area contributed by atoms with Crippen LogP contribution in [0.5, 0.6) is 5.75 Å². The number of rotatable bonds is 4. The lowest BCUT2D eigenvalue weighted by atomic mass is 9.88. The number of halogens is 2. The van der Waals surface area contributed by atoms with Gasteiger partial charge in [-0.25, -0.2) is 0 Å². The number of nitrogens with one attached hydrogen (secondary N) is 2. The van der Waals surface area contributed by atoms with E-state index in [0.717, 1.165) is 27.7 Å². The zero-order valence-electron chi connectivity index (χ0n) is 10.8. The molecule has 104 valence electrons. The number of ether oxygens (including phenoxy) is 1. The summed E-state index contributed by atoms with van der Waals surface area (Å²) in [4.78, 5) is 12.2. The fourth-order valence-corrected chi connectivity index (χ4v) is 3.16. The fraction of sp³-hybridized carbons (Fsp3) is 0.462. The summed E-state index contributed by atoms with van der Waals surface area (Å²) in [6.45, 7) is 3.80. The van der Waals surface area contributed by atoms with Gasteiger partial charge in [0.25, 0.3) is 0 Å². The summed E-state index contributed by atoms with van der Waals surface area (Å²) in [5.74, 6) is 1.16. The van der Waals surface area contributed by atoms with Crippen molar-refractivity contribution in [3.05, 3.63) is 21.1 Å². The third-order valence-corrected chi connectivity index (χ3v) is 4.71. The number of carbonyl (C=O) groups is 1. The van der Waals surface area contributed by atoms with Gasteiger partial charge in [-0.15, -0.1) is 0 Å². The molecular formula is C13H16Br2N2O2. The Bertz CT molecular complexity index is 490. The number of benzene rings is 1. The summed E-state index contributed by atoms with van der Waals surface area (Å²) in [5, 5.41) is 6.13. The van der Waals surface area contributed by atoms with Crippen LogP contribution in [-0.2, 0) is 4.79 Å². The van der Waals surface area contributed by atoms with Crippen molar-refractivity contribution in [1.29, 1.82) is 0 Å². The molecule has 1 atom stereocenters. The molecular weight excluding hydrogens is 376 g/mol. The number of hydrogen-bond acceptors (Lipinski definition) is 3. The average molecular weight is 392 g/mol. The van der Waals surface area contributed by atoms with E-state index in [0.29, 0.717) is 11.7 Å². The van der Waals surface area contributed by atoms with E-state index in [4.69, 9.17) is 4.74 Å². The van der Waals surface area contributed by atoms with Crippen molar-refractivity contribution in [2.45, 2.75) is 6.92 Å². The van der Waals surface area contributed by atoms with Crippen molar-refractivity contribution in [3.63, 3.8) is 0 Å². The Balaban J connectivity index is 2.11. The molecule has 1 unspecified atom stereocenters. The lowest BCUT2D eigenvalue weighted by Crippen LogP contribution is -2.48. The molecule has 0 radical (unpaired) electrons. The standard InChI is InChI=1S/C13H16Br2N2O2/c1-7(8-5-16-6-8)13(18)17-11-4-12(19-2)10(15)3-9(11)14/h3-4,7-8,16H,5-6H2,1-2H3,(H,17,18). The highest BCUT2D eigenvalue weighted by molar-refractivity contribution is 9.11. The Morgan fingerprint density at radius 3 is 2.63 bits per heavy atom.